The molecule has 0 N–H and O–H groups in total. The van der Waals surface area contributed by atoms with Gasteiger partial charge in [-0.05, 0) is 50.4 Å². The summed E-state index contributed by atoms with van der Waals surface area (Å²) in [5.41, 5.74) is 1.11. The van der Waals surface area contributed by atoms with Crippen molar-refractivity contribution in [3.63, 3.8) is 0 Å². The summed E-state index contributed by atoms with van der Waals surface area (Å²) < 4.78 is 0. The Morgan fingerprint density at radius 3 is 2.62 bits per heavy atom. The standard InChI is InChI=1S/C16H25N3OS/c1-13-5-11-21-15(13)16(20)19-9-7-18(8-10-19)14-4-3-6-17(2)12-14/h5,11,14H,3-4,6-10,12H2,1-2H3. The Kier molecular flexibility index (Phi) is 4.62. The first kappa shape index (κ1) is 15.0. The molecule has 0 aromatic carbocycles. The lowest BCUT2D eigenvalue weighted by Gasteiger charge is -2.42. The number of amides is 1. The molecule has 2 fully saturated rings. The third kappa shape index (κ3) is 3.30. The molecule has 0 bridgehead atoms. The van der Waals surface area contributed by atoms with E-state index in [4.69, 9.17) is 0 Å². The number of hydrogen-bond donors (Lipinski definition) is 0. The van der Waals surface area contributed by atoms with Gasteiger partial charge in [-0.25, -0.2) is 0 Å². The highest BCUT2D eigenvalue weighted by Gasteiger charge is 2.29. The highest BCUT2D eigenvalue weighted by atomic mass is 32.1. The van der Waals surface area contributed by atoms with Crippen LogP contribution in [-0.2, 0) is 0 Å². The zero-order chi connectivity index (χ0) is 14.8. The summed E-state index contributed by atoms with van der Waals surface area (Å²) in [7, 11) is 2.21. The van der Waals surface area contributed by atoms with Crippen molar-refractivity contribution in [1.29, 1.82) is 0 Å². The Labute approximate surface area is 131 Å². The molecule has 0 spiro atoms. The summed E-state index contributed by atoms with van der Waals surface area (Å²) in [6.07, 6.45) is 2.61. The predicted octanol–water partition coefficient (Wildman–Crippen LogP) is 1.91. The fourth-order valence-electron chi connectivity index (χ4n) is 3.46. The van der Waals surface area contributed by atoms with E-state index >= 15 is 0 Å². The first-order valence-electron chi connectivity index (χ1n) is 7.91. The van der Waals surface area contributed by atoms with Gasteiger partial charge in [0.1, 0.15) is 0 Å². The summed E-state index contributed by atoms with van der Waals surface area (Å²) in [4.78, 5) is 20.5. The average molecular weight is 307 g/mol. The van der Waals surface area contributed by atoms with Gasteiger partial charge in [0.15, 0.2) is 0 Å². The number of piperazine rings is 1. The molecule has 2 saturated heterocycles. The summed E-state index contributed by atoms with van der Waals surface area (Å²) in [5.74, 6) is 0.225. The molecule has 0 radical (unpaired) electrons. The molecule has 1 aromatic heterocycles. The number of likely N-dealkylation sites (N-methyl/N-ethyl adjacent to an activating group) is 1. The number of thiophene rings is 1. The van der Waals surface area contributed by atoms with Crippen molar-refractivity contribution in [3.05, 3.63) is 21.9 Å². The number of aryl methyl sites for hydroxylation is 1. The van der Waals surface area contributed by atoms with Gasteiger partial charge in [-0.1, -0.05) is 0 Å². The maximum absolute atomic E-state index is 12.5. The van der Waals surface area contributed by atoms with Crippen LogP contribution in [0.2, 0.25) is 0 Å². The predicted molar refractivity (Wildman–Crippen MR) is 87.1 cm³/mol. The molecule has 2 aliphatic heterocycles. The zero-order valence-electron chi connectivity index (χ0n) is 13.0. The van der Waals surface area contributed by atoms with Gasteiger partial charge in [-0.3, -0.25) is 9.69 Å². The fraction of sp³-hybridized carbons (Fsp3) is 0.688. The van der Waals surface area contributed by atoms with Crippen LogP contribution in [0, 0.1) is 6.92 Å². The van der Waals surface area contributed by atoms with Crippen LogP contribution in [0.5, 0.6) is 0 Å². The lowest BCUT2D eigenvalue weighted by Crippen LogP contribution is -2.55. The van der Waals surface area contributed by atoms with Crippen LogP contribution in [0.4, 0.5) is 0 Å². The van der Waals surface area contributed by atoms with Gasteiger partial charge >= 0.3 is 0 Å². The number of piperidine rings is 1. The van der Waals surface area contributed by atoms with E-state index in [0.29, 0.717) is 6.04 Å². The maximum Gasteiger partial charge on any atom is 0.264 e. The van der Waals surface area contributed by atoms with E-state index in [1.807, 2.05) is 23.3 Å². The molecule has 1 aromatic rings. The monoisotopic (exact) mass is 307 g/mol. The van der Waals surface area contributed by atoms with E-state index in [2.05, 4.69) is 16.8 Å². The van der Waals surface area contributed by atoms with Crippen LogP contribution in [0.15, 0.2) is 11.4 Å². The molecular weight excluding hydrogens is 282 g/mol. The molecule has 3 heterocycles. The normalized spacial score (nSPS) is 25.2. The highest BCUT2D eigenvalue weighted by molar-refractivity contribution is 7.12. The Morgan fingerprint density at radius 2 is 2.00 bits per heavy atom. The maximum atomic E-state index is 12.5. The highest BCUT2D eigenvalue weighted by Crippen LogP contribution is 2.21. The summed E-state index contributed by atoms with van der Waals surface area (Å²) in [6, 6.07) is 2.72. The van der Waals surface area contributed by atoms with Gasteiger partial charge in [0.2, 0.25) is 0 Å². The van der Waals surface area contributed by atoms with Crippen LogP contribution in [0.3, 0.4) is 0 Å². The second-order valence-corrected chi connectivity index (χ2v) is 7.24. The Bertz CT molecular complexity index is 493. The smallest absolute Gasteiger partial charge is 0.264 e. The number of likely N-dealkylation sites (tertiary alicyclic amines) is 1. The quantitative estimate of drug-likeness (QED) is 0.835. The molecular formula is C16H25N3OS. The van der Waals surface area contributed by atoms with Crippen molar-refractivity contribution in [2.24, 2.45) is 0 Å². The molecule has 4 nitrogen and oxygen atoms in total. The molecule has 5 heteroatoms. The fourth-order valence-corrected chi connectivity index (χ4v) is 4.35. The first-order chi connectivity index (χ1) is 10.1. The Morgan fingerprint density at radius 1 is 1.24 bits per heavy atom. The van der Waals surface area contributed by atoms with Gasteiger partial charge in [0.25, 0.3) is 5.91 Å². The van der Waals surface area contributed by atoms with Crippen molar-refractivity contribution in [3.8, 4) is 0 Å². The van der Waals surface area contributed by atoms with Crippen molar-refractivity contribution in [2.45, 2.75) is 25.8 Å². The van der Waals surface area contributed by atoms with Gasteiger partial charge < -0.3 is 9.80 Å². The summed E-state index contributed by atoms with van der Waals surface area (Å²) in [6.45, 7) is 8.22. The molecule has 0 saturated carbocycles. The van der Waals surface area contributed by atoms with Crippen LogP contribution in [0.25, 0.3) is 0 Å². The van der Waals surface area contributed by atoms with E-state index in [1.165, 1.54) is 25.9 Å². The zero-order valence-corrected chi connectivity index (χ0v) is 13.9. The second-order valence-electron chi connectivity index (χ2n) is 6.32. The molecule has 0 aliphatic carbocycles. The van der Waals surface area contributed by atoms with Crippen LogP contribution < -0.4 is 0 Å². The van der Waals surface area contributed by atoms with Gasteiger partial charge in [0.05, 0.1) is 4.88 Å². The second kappa shape index (κ2) is 6.46. The van der Waals surface area contributed by atoms with Gasteiger partial charge in [-0.15, -0.1) is 11.3 Å². The van der Waals surface area contributed by atoms with Crippen LogP contribution in [0.1, 0.15) is 28.1 Å². The van der Waals surface area contributed by atoms with Crippen LogP contribution >= 0.6 is 11.3 Å². The van der Waals surface area contributed by atoms with E-state index in [-0.39, 0.29) is 5.91 Å². The van der Waals surface area contributed by atoms with Crippen LogP contribution in [-0.4, -0.2) is 73.0 Å². The summed E-state index contributed by atoms with van der Waals surface area (Å²) in [5, 5.41) is 2.01. The van der Waals surface area contributed by atoms with E-state index in [1.54, 1.807) is 11.3 Å². The van der Waals surface area contributed by atoms with E-state index in [0.717, 1.165) is 36.6 Å². The van der Waals surface area contributed by atoms with Crippen molar-refractivity contribution >= 4 is 17.2 Å². The number of carbonyl (C=O) groups excluding carboxylic acids is 1. The molecule has 3 rings (SSSR count). The minimum Gasteiger partial charge on any atom is -0.335 e. The van der Waals surface area contributed by atoms with Crippen molar-refractivity contribution in [2.75, 3.05) is 46.3 Å². The van der Waals surface area contributed by atoms with Crippen molar-refractivity contribution < 1.29 is 4.79 Å². The Balaban J connectivity index is 1.55. The number of carbonyl (C=O) groups is 1. The SMILES string of the molecule is Cc1ccsc1C(=O)N1CCN(C2CCCN(C)C2)CC1. The third-order valence-corrected chi connectivity index (χ3v) is 5.78. The Hall–Kier alpha value is -0.910. The van der Waals surface area contributed by atoms with E-state index < -0.39 is 0 Å². The average Bonchev–Trinajstić information content (AvgIpc) is 2.93. The largest absolute Gasteiger partial charge is 0.335 e. The summed E-state index contributed by atoms with van der Waals surface area (Å²) >= 11 is 1.57. The first-order valence-corrected chi connectivity index (χ1v) is 8.79. The molecule has 1 unspecified atom stereocenters. The number of nitrogens with zero attached hydrogens (tertiary/aromatic N) is 3. The van der Waals surface area contributed by atoms with E-state index in [9.17, 15) is 4.79 Å². The minimum absolute atomic E-state index is 0.225. The molecule has 21 heavy (non-hydrogen) atoms. The minimum atomic E-state index is 0.225. The molecule has 1 amide bonds. The lowest BCUT2D eigenvalue weighted by molar-refractivity contribution is 0.0455. The number of rotatable bonds is 2. The molecule has 1 atom stereocenters. The third-order valence-electron chi connectivity index (χ3n) is 4.77. The number of hydrogen-bond acceptors (Lipinski definition) is 4. The lowest BCUT2D eigenvalue weighted by atomic mass is 10.0. The molecule has 116 valence electrons. The topological polar surface area (TPSA) is 26.8 Å². The molecule has 2 aliphatic rings. The van der Waals surface area contributed by atoms with Gasteiger partial charge in [-0.2, -0.15) is 0 Å². The van der Waals surface area contributed by atoms with Gasteiger partial charge in [0, 0.05) is 38.8 Å². The van der Waals surface area contributed by atoms with Crippen molar-refractivity contribution in [1.82, 2.24) is 14.7 Å².